The molecular formula is C16H18O3. The molecule has 2 aromatic carbocycles. The Balaban J connectivity index is 2.00. The number of esters is 1. The van der Waals surface area contributed by atoms with Gasteiger partial charge in [0.05, 0.1) is 13.2 Å². The van der Waals surface area contributed by atoms with Crippen LogP contribution < -0.4 is 0 Å². The number of carbonyl (C=O) groups excluding carboxylic acids is 1. The molecule has 1 atom stereocenters. The van der Waals surface area contributed by atoms with Crippen LogP contribution in [0.25, 0.3) is 10.8 Å². The third kappa shape index (κ3) is 3.55. The molecule has 0 saturated carbocycles. The Kier molecular flexibility index (Phi) is 4.53. The molecular weight excluding hydrogens is 240 g/mol. The lowest BCUT2D eigenvalue weighted by Gasteiger charge is -2.11. The molecule has 0 aliphatic rings. The first-order valence-electron chi connectivity index (χ1n) is 6.44. The Morgan fingerprint density at radius 3 is 2.68 bits per heavy atom. The van der Waals surface area contributed by atoms with E-state index in [-0.39, 0.29) is 5.97 Å². The lowest BCUT2D eigenvalue weighted by molar-refractivity contribution is -0.140. The van der Waals surface area contributed by atoms with Gasteiger partial charge in [-0.2, -0.15) is 0 Å². The van der Waals surface area contributed by atoms with Crippen LogP contribution in [-0.4, -0.2) is 18.2 Å². The second-order valence-electron chi connectivity index (χ2n) is 4.59. The summed E-state index contributed by atoms with van der Waals surface area (Å²) in [5.74, 6) is -0.231. The molecule has 1 unspecified atom stereocenters. The summed E-state index contributed by atoms with van der Waals surface area (Å²) >= 11 is 0. The molecule has 0 aliphatic heterocycles. The van der Waals surface area contributed by atoms with E-state index in [0.29, 0.717) is 19.3 Å². The lowest BCUT2D eigenvalue weighted by Crippen LogP contribution is -2.02. The van der Waals surface area contributed by atoms with E-state index in [4.69, 9.17) is 0 Å². The fourth-order valence-electron chi connectivity index (χ4n) is 2.12. The van der Waals surface area contributed by atoms with Crippen LogP contribution in [0.5, 0.6) is 0 Å². The number of aliphatic hydroxyl groups excluding tert-OH is 1. The quantitative estimate of drug-likeness (QED) is 0.838. The second kappa shape index (κ2) is 6.34. The molecule has 2 rings (SSSR count). The summed E-state index contributed by atoms with van der Waals surface area (Å²) in [6.45, 7) is 0. The molecule has 0 amide bonds. The summed E-state index contributed by atoms with van der Waals surface area (Å²) in [7, 11) is 1.38. The molecule has 100 valence electrons. The van der Waals surface area contributed by atoms with E-state index in [1.807, 2.05) is 42.5 Å². The Hall–Kier alpha value is -1.87. The van der Waals surface area contributed by atoms with E-state index < -0.39 is 6.10 Å². The van der Waals surface area contributed by atoms with E-state index in [1.165, 1.54) is 7.11 Å². The van der Waals surface area contributed by atoms with Crippen molar-refractivity contribution in [2.75, 3.05) is 7.11 Å². The minimum Gasteiger partial charge on any atom is -0.469 e. The fraction of sp³-hybridized carbons (Fsp3) is 0.312. The average Bonchev–Trinajstić information content (AvgIpc) is 2.46. The van der Waals surface area contributed by atoms with Crippen molar-refractivity contribution in [1.29, 1.82) is 0 Å². The van der Waals surface area contributed by atoms with Crippen LogP contribution in [0.1, 0.15) is 30.9 Å². The van der Waals surface area contributed by atoms with Gasteiger partial charge in [-0.3, -0.25) is 4.79 Å². The summed E-state index contributed by atoms with van der Waals surface area (Å²) in [5.41, 5.74) is 0.892. The van der Waals surface area contributed by atoms with Crippen LogP contribution in [0.4, 0.5) is 0 Å². The number of methoxy groups -OCH3 is 1. The molecule has 0 heterocycles. The van der Waals surface area contributed by atoms with Crippen molar-refractivity contribution >= 4 is 16.7 Å². The van der Waals surface area contributed by atoms with Crippen molar-refractivity contribution in [3.05, 3.63) is 48.0 Å². The molecule has 2 aromatic rings. The summed E-state index contributed by atoms with van der Waals surface area (Å²) in [4.78, 5) is 11.0. The van der Waals surface area contributed by atoms with E-state index in [0.717, 1.165) is 16.3 Å². The third-order valence-corrected chi connectivity index (χ3v) is 3.24. The van der Waals surface area contributed by atoms with Crippen LogP contribution in [-0.2, 0) is 9.53 Å². The first-order chi connectivity index (χ1) is 9.20. The SMILES string of the molecule is COC(=O)CCCC(O)c1ccc2ccccc2c1. The fourth-order valence-corrected chi connectivity index (χ4v) is 2.12. The normalized spacial score (nSPS) is 12.3. The van der Waals surface area contributed by atoms with E-state index in [1.54, 1.807) is 0 Å². The maximum absolute atomic E-state index is 11.0. The van der Waals surface area contributed by atoms with Crippen LogP contribution >= 0.6 is 0 Å². The zero-order valence-electron chi connectivity index (χ0n) is 11.0. The Labute approximate surface area is 112 Å². The Morgan fingerprint density at radius 2 is 1.95 bits per heavy atom. The molecule has 0 aromatic heterocycles. The first kappa shape index (κ1) is 13.6. The number of hydrogen-bond donors (Lipinski definition) is 1. The highest BCUT2D eigenvalue weighted by molar-refractivity contribution is 5.83. The molecule has 0 saturated heterocycles. The van der Waals surface area contributed by atoms with Gasteiger partial charge in [0.25, 0.3) is 0 Å². The van der Waals surface area contributed by atoms with Gasteiger partial charge in [-0.05, 0) is 35.2 Å². The number of carbonyl (C=O) groups is 1. The van der Waals surface area contributed by atoms with Gasteiger partial charge in [-0.1, -0.05) is 36.4 Å². The van der Waals surface area contributed by atoms with Gasteiger partial charge in [0.2, 0.25) is 0 Å². The number of hydrogen-bond acceptors (Lipinski definition) is 3. The highest BCUT2D eigenvalue weighted by Crippen LogP contribution is 2.23. The Bertz CT molecular complexity index is 563. The van der Waals surface area contributed by atoms with Gasteiger partial charge in [0, 0.05) is 6.42 Å². The van der Waals surface area contributed by atoms with Crippen molar-refractivity contribution in [3.63, 3.8) is 0 Å². The first-order valence-corrected chi connectivity index (χ1v) is 6.44. The summed E-state index contributed by atoms with van der Waals surface area (Å²) in [5, 5.41) is 12.4. The predicted molar refractivity (Wildman–Crippen MR) is 74.8 cm³/mol. The highest BCUT2D eigenvalue weighted by atomic mass is 16.5. The number of aliphatic hydroxyl groups is 1. The monoisotopic (exact) mass is 258 g/mol. The van der Waals surface area contributed by atoms with Gasteiger partial charge in [-0.25, -0.2) is 0 Å². The summed E-state index contributed by atoms with van der Waals surface area (Å²) in [6, 6.07) is 14.0. The minimum atomic E-state index is -0.533. The summed E-state index contributed by atoms with van der Waals surface area (Å²) < 4.78 is 4.57. The van der Waals surface area contributed by atoms with Crippen molar-refractivity contribution in [2.24, 2.45) is 0 Å². The van der Waals surface area contributed by atoms with Crippen LogP contribution in [0.2, 0.25) is 0 Å². The smallest absolute Gasteiger partial charge is 0.305 e. The standard InChI is InChI=1S/C16H18O3/c1-19-16(18)8-4-7-15(17)14-10-9-12-5-2-3-6-13(12)11-14/h2-3,5-6,9-11,15,17H,4,7-8H2,1H3. The minimum absolute atomic E-state index is 0.231. The molecule has 3 nitrogen and oxygen atoms in total. The third-order valence-electron chi connectivity index (χ3n) is 3.24. The molecule has 0 spiro atoms. The van der Waals surface area contributed by atoms with E-state index in [9.17, 15) is 9.90 Å². The molecule has 3 heteroatoms. The molecule has 0 aliphatic carbocycles. The maximum atomic E-state index is 11.0. The van der Waals surface area contributed by atoms with Crippen molar-refractivity contribution in [3.8, 4) is 0 Å². The molecule has 0 bridgehead atoms. The summed E-state index contributed by atoms with van der Waals surface area (Å²) in [6.07, 6.45) is 1.00. The van der Waals surface area contributed by atoms with Gasteiger partial charge in [0.15, 0.2) is 0 Å². The predicted octanol–water partition coefficient (Wildman–Crippen LogP) is 3.22. The van der Waals surface area contributed by atoms with E-state index in [2.05, 4.69) is 4.74 Å². The number of benzene rings is 2. The topological polar surface area (TPSA) is 46.5 Å². The maximum Gasteiger partial charge on any atom is 0.305 e. The van der Waals surface area contributed by atoms with Gasteiger partial charge in [-0.15, -0.1) is 0 Å². The van der Waals surface area contributed by atoms with Crippen LogP contribution in [0.3, 0.4) is 0 Å². The number of fused-ring (bicyclic) bond motifs is 1. The molecule has 0 radical (unpaired) electrons. The zero-order valence-corrected chi connectivity index (χ0v) is 11.0. The van der Waals surface area contributed by atoms with Crippen molar-refractivity contribution in [2.45, 2.75) is 25.4 Å². The zero-order chi connectivity index (χ0) is 13.7. The molecule has 0 fully saturated rings. The van der Waals surface area contributed by atoms with Crippen molar-refractivity contribution in [1.82, 2.24) is 0 Å². The van der Waals surface area contributed by atoms with Gasteiger partial charge in [0.1, 0.15) is 0 Å². The molecule has 19 heavy (non-hydrogen) atoms. The molecule has 1 N–H and O–H groups in total. The lowest BCUT2D eigenvalue weighted by atomic mass is 10.0. The number of ether oxygens (including phenoxy) is 1. The van der Waals surface area contributed by atoms with Crippen LogP contribution in [0.15, 0.2) is 42.5 Å². The Morgan fingerprint density at radius 1 is 1.21 bits per heavy atom. The van der Waals surface area contributed by atoms with Crippen LogP contribution in [0, 0.1) is 0 Å². The van der Waals surface area contributed by atoms with Gasteiger partial charge < -0.3 is 9.84 Å². The highest BCUT2D eigenvalue weighted by Gasteiger charge is 2.09. The van der Waals surface area contributed by atoms with Gasteiger partial charge >= 0.3 is 5.97 Å². The average molecular weight is 258 g/mol. The van der Waals surface area contributed by atoms with E-state index >= 15 is 0 Å². The largest absolute Gasteiger partial charge is 0.469 e. The van der Waals surface area contributed by atoms with Crippen molar-refractivity contribution < 1.29 is 14.6 Å². The second-order valence-corrected chi connectivity index (χ2v) is 4.59. The number of rotatable bonds is 5.